The zero-order valence-corrected chi connectivity index (χ0v) is 8.18. The Balaban J connectivity index is 2.00. The van der Waals surface area contributed by atoms with Crippen LogP contribution in [0.3, 0.4) is 0 Å². The van der Waals surface area contributed by atoms with E-state index in [0.717, 1.165) is 12.8 Å². The second-order valence-electron chi connectivity index (χ2n) is 3.63. The standard InChI is InChI=1S/C11H11N3O/c12-7-10(8-4-5-8)14-11(15)9-3-1-2-6-13-9/h1-3,6,8,10H,4-5H2,(H,14,15). The number of nitriles is 1. The maximum atomic E-state index is 11.6. The fraction of sp³-hybridized carbons (Fsp3) is 0.364. The third-order valence-corrected chi connectivity index (χ3v) is 2.42. The van der Waals surface area contributed by atoms with Gasteiger partial charge in [0, 0.05) is 6.20 Å². The zero-order chi connectivity index (χ0) is 10.7. The van der Waals surface area contributed by atoms with Crippen molar-refractivity contribution in [1.82, 2.24) is 10.3 Å². The van der Waals surface area contributed by atoms with E-state index in [1.807, 2.05) is 0 Å². The highest BCUT2D eigenvalue weighted by Crippen LogP contribution is 2.32. The smallest absolute Gasteiger partial charge is 0.270 e. The van der Waals surface area contributed by atoms with Gasteiger partial charge in [-0.05, 0) is 30.9 Å². The molecule has 0 aliphatic heterocycles. The summed E-state index contributed by atoms with van der Waals surface area (Å²) in [5.74, 6) is 0.0664. The summed E-state index contributed by atoms with van der Waals surface area (Å²) in [6, 6.07) is 6.88. The van der Waals surface area contributed by atoms with Gasteiger partial charge in [-0.3, -0.25) is 9.78 Å². The molecule has 0 saturated heterocycles. The Morgan fingerprint density at radius 2 is 2.40 bits per heavy atom. The minimum Gasteiger partial charge on any atom is -0.335 e. The number of amides is 1. The molecular formula is C11H11N3O. The maximum Gasteiger partial charge on any atom is 0.270 e. The lowest BCUT2D eigenvalue weighted by Gasteiger charge is -2.09. The quantitative estimate of drug-likeness (QED) is 0.796. The number of aromatic nitrogens is 1. The van der Waals surface area contributed by atoms with Crippen molar-refractivity contribution in [1.29, 1.82) is 5.26 Å². The first-order valence-corrected chi connectivity index (χ1v) is 4.93. The summed E-state index contributed by atoms with van der Waals surface area (Å²) >= 11 is 0. The lowest BCUT2D eigenvalue weighted by molar-refractivity contribution is 0.0937. The van der Waals surface area contributed by atoms with E-state index in [1.54, 1.807) is 24.4 Å². The summed E-state index contributed by atoms with van der Waals surface area (Å²) in [5, 5.41) is 11.5. The number of hydrogen-bond donors (Lipinski definition) is 1. The molecule has 2 rings (SSSR count). The molecule has 1 unspecified atom stereocenters. The van der Waals surface area contributed by atoms with Crippen LogP contribution in [-0.2, 0) is 0 Å². The number of carbonyl (C=O) groups is 1. The molecule has 0 radical (unpaired) electrons. The topological polar surface area (TPSA) is 65.8 Å². The monoisotopic (exact) mass is 201 g/mol. The number of rotatable bonds is 3. The number of carbonyl (C=O) groups excluding carboxylic acids is 1. The van der Waals surface area contributed by atoms with E-state index in [0.29, 0.717) is 11.6 Å². The number of pyridine rings is 1. The Morgan fingerprint density at radius 3 is 2.93 bits per heavy atom. The van der Waals surface area contributed by atoms with Gasteiger partial charge >= 0.3 is 0 Å². The van der Waals surface area contributed by atoms with Crippen LogP contribution >= 0.6 is 0 Å². The van der Waals surface area contributed by atoms with Gasteiger partial charge in [-0.25, -0.2) is 0 Å². The van der Waals surface area contributed by atoms with Crippen LogP contribution in [0, 0.1) is 17.2 Å². The van der Waals surface area contributed by atoms with Gasteiger partial charge < -0.3 is 5.32 Å². The second kappa shape index (κ2) is 4.09. The molecule has 1 aliphatic rings. The van der Waals surface area contributed by atoms with Crippen LogP contribution in [0.4, 0.5) is 0 Å². The molecule has 1 aliphatic carbocycles. The van der Waals surface area contributed by atoms with E-state index in [1.165, 1.54) is 0 Å². The van der Waals surface area contributed by atoms with E-state index < -0.39 is 0 Å². The zero-order valence-electron chi connectivity index (χ0n) is 8.18. The molecule has 15 heavy (non-hydrogen) atoms. The lowest BCUT2D eigenvalue weighted by Crippen LogP contribution is -2.35. The van der Waals surface area contributed by atoms with Crippen molar-refractivity contribution in [2.75, 3.05) is 0 Å². The fourth-order valence-corrected chi connectivity index (χ4v) is 1.40. The molecule has 1 N–H and O–H groups in total. The molecule has 1 saturated carbocycles. The number of nitrogens with one attached hydrogen (secondary N) is 1. The molecule has 4 nitrogen and oxygen atoms in total. The summed E-state index contributed by atoms with van der Waals surface area (Å²) in [5.41, 5.74) is 0.360. The molecule has 4 heteroatoms. The van der Waals surface area contributed by atoms with Crippen molar-refractivity contribution in [3.05, 3.63) is 30.1 Å². The van der Waals surface area contributed by atoms with Gasteiger partial charge in [0.05, 0.1) is 6.07 Å². The molecule has 0 bridgehead atoms. The van der Waals surface area contributed by atoms with Gasteiger partial charge in [-0.2, -0.15) is 5.26 Å². The van der Waals surface area contributed by atoms with Crippen LogP contribution in [0.1, 0.15) is 23.3 Å². The molecule has 1 heterocycles. The van der Waals surface area contributed by atoms with E-state index in [4.69, 9.17) is 5.26 Å². The van der Waals surface area contributed by atoms with Crippen molar-refractivity contribution in [2.24, 2.45) is 5.92 Å². The fourth-order valence-electron chi connectivity index (χ4n) is 1.40. The first kappa shape index (κ1) is 9.66. The van der Waals surface area contributed by atoms with Crippen LogP contribution < -0.4 is 5.32 Å². The Morgan fingerprint density at radius 1 is 1.60 bits per heavy atom. The summed E-state index contributed by atoms with van der Waals surface area (Å²) in [6.07, 6.45) is 3.62. The van der Waals surface area contributed by atoms with Gasteiger partial charge in [-0.1, -0.05) is 6.07 Å². The van der Waals surface area contributed by atoms with Crippen molar-refractivity contribution in [3.8, 4) is 6.07 Å². The average molecular weight is 201 g/mol. The van der Waals surface area contributed by atoms with Crippen LogP contribution in [0.25, 0.3) is 0 Å². The van der Waals surface area contributed by atoms with Crippen molar-refractivity contribution < 1.29 is 4.79 Å². The van der Waals surface area contributed by atoms with Gasteiger partial charge in [0.25, 0.3) is 5.91 Å². The summed E-state index contributed by atoms with van der Waals surface area (Å²) in [7, 11) is 0. The molecule has 76 valence electrons. The van der Waals surface area contributed by atoms with Crippen LogP contribution in [0.5, 0.6) is 0 Å². The molecule has 1 aromatic rings. The predicted molar refractivity (Wildman–Crippen MR) is 53.8 cm³/mol. The van der Waals surface area contributed by atoms with Gasteiger partial charge in [0.2, 0.25) is 0 Å². The third-order valence-electron chi connectivity index (χ3n) is 2.42. The predicted octanol–water partition coefficient (Wildman–Crippen LogP) is 1.11. The molecule has 1 atom stereocenters. The highest BCUT2D eigenvalue weighted by molar-refractivity contribution is 5.92. The Bertz CT molecular complexity index is 392. The maximum absolute atomic E-state index is 11.6. The van der Waals surface area contributed by atoms with Crippen molar-refractivity contribution in [3.63, 3.8) is 0 Å². The molecule has 1 amide bonds. The average Bonchev–Trinajstić information content (AvgIpc) is 3.10. The molecular weight excluding hydrogens is 190 g/mol. The summed E-state index contributed by atoms with van der Waals surface area (Å²) < 4.78 is 0. The van der Waals surface area contributed by atoms with Gasteiger partial charge in [-0.15, -0.1) is 0 Å². The number of hydrogen-bond acceptors (Lipinski definition) is 3. The normalized spacial score (nSPS) is 16.5. The summed E-state index contributed by atoms with van der Waals surface area (Å²) in [6.45, 7) is 0. The van der Waals surface area contributed by atoms with Crippen LogP contribution in [-0.4, -0.2) is 16.9 Å². The highest BCUT2D eigenvalue weighted by atomic mass is 16.1. The van der Waals surface area contributed by atoms with Crippen molar-refractivity contribution in [2.45, 2.75) is 18.9 Å². The van der Waals surface area contributed by atoms with Crippen LogP contribution in [0.2, 0.25) is 0 Å². The van der Waals surface area contributed by atoms with Crippen molar-refractivity contribution >= 4 is 5.91 Å². The van der Waals surface area contributed by atoms with Crippen LogP contribution in [0.15, 0.2) is 24.4 Å². The number of nitrogens with zero attached hydrogens (tertiary/aromatic N) is 2. The Kier molecular flexibility index (Phi) is 2.64. The van der Waals surface area contributed by atoms with Gasteiger partial charge in [0.15, 0.2) is 0 Å². The molecule has 1 aromatic heterocycles. The molecule has 0 aromatic carbocycles. The molecule has 0 spiro atoms. The van der Waals surface area contributed by atoms with E-state index in [2.05, 4.69) is 16.4 Å². The minimum atomic E-state index is -0.362. The highest BCUT2D eigenvalue weighted by Gasteiger charge is 2.32. The minimum absolute atomic E-state index is 0.269. The first-order valence-electron chi connectivity index (χ1n) is 4.93. The largest absolute Gasteiger partial charge is 0.335 e. The van der Waals surface area contributed by atoms with Gasteiger partial charge in [0.1, 0.15) is 11.7 Å². The second-order valence-corrected chi connectivity index (χ2v) is 3.63. The van der Waals surface area contributed by atoms with E-state index >= 15 is 0 Å². The molecule has 1 fully saturated rings. The van der Waals surface area contributed by atoms with E-state index in [-0.39, 0.29) is 11.9 Å². The third kappa shape index (κ3) is 2.32. The SMILES string of the molecule is N#CC(NC(=O)c1ccccn1)C1CC1. The summed E-state index contributed by atoms with van der Waals surface area (Å²) in [4.78, 5) is 15.5. The Hall–Kier alpha value is -1.89. The van der Waals surface area contributed by atoms with E-state index in [9.17, 15) is 4.79 Å². The first-order chi connectivity index (χ1) is 7.31. The Labute approximate surface area is 87.9 Å². The lowest BCUT2D eigenvalue weighted by atomic mass is 10.2.